The molecule has 0 aliphatic carbocycles. The second-order valence-corrected chi connectivity index (χ2v) is 4.71. The van der Waals surface area contributed by atoms with E-state index in [4.69, 9.17) is 16.3 Å². The van der Waals surface area contributed by atoms with Gasteiger partial charge in [0.1, 0.15) is 5.75 Å². The molecule has 0 aromatic heterocycles. The second-order valence-electron chi connectivity index (χ2n) is 4.34. The Morgan fingerprint density at radius 2 is 1.88 bits per heavy atom. The number of hydrogen-bond acceptors (Lipinski definition) is 2. The molecule has 17 heavy (non-hydrogen) atoms. The molecule has 0 amide bonds. The number of alkyl halides is 1. The van der Waals surface area contributed by atoms with Crippen LogP contribution >= 0.6 is 11.6 Å². The van der Waals surface area contributed by atoms with Crippen LogP contribution in [0.2, 0.25) is 0 Å². The first-order valence-electron chi connectivity index (χ1n) is 6.02. The third kappa shape index (κ3) is 3.62. The molecule has 0 radical (unpaired) electrons. The zero-order valence-electron chi connectivity index (χ0n) is 11.2. The lowest BCUT2D eigenvalue weighted by Gasteiger charge is -2.16. The summed E-state index contributed by atoms with van der Waals surface area (Å²) in [5, 5.41) is 3.31. The highest BCUT2D eigenvalue weighted by atomic mass is 35.5. The minimum absolute atomic E-state index is 0.656. The van der Waals surface area contributed by atoms with E-state index in [2.05, 4.69) is 32.2 Å². The van der Waals surface area contributed by atoms with Gasteiger partial charge in [-0.2, -0.15) is 0 Å². The number of hydrogen-bond donors (Lipinski definition) is 1. The summed E-state index contributed by atoms with van der Waals surface area (Å²) < 4.78 is 5.54. The molecule has 0 atom stereocenters. The Morgan fingerprint density at radius 1 is 1.18 bits per heavy atom. The summed E-state index contributed by atoms with van der Waals surface area (Å²) in [6.07, 6.45) is 0.979. The van der Waals surface area contributed by atoms with Gasteiger partial charge in [0.2, 0.25) is 0 Å². The van der Waals surface area contributed by atoms with Crippen LogP contribution in [0.15, 0.2) is 6.07 Å². The largest absolute Gasteiger partial charge is 0.496 e. The minimum atomic E-state index is 0.656. The van der Waals surface area contributed by atoms with Crippen molar-refractivity contribution in [1.82, 2.24) is 5.32 Å². The lowest BCUT2D eigenvalue weighted by atomic mass is 9.97. The molecule has 0 saturated heterocycles. The molecule has 0 bridgehead atoms. The van der Waals surface area contributed by atoms with E-state index in [1.807, 2.05) is 0 Å². The molecule has 0 heterocycles. The van der Waals surface area contributed by atoms with E-state index in [0.29, 0.717) is 5.88 Å². The summed E-state index contributed by atoms with van der Waals surface area (Å²) in [6, 6.07) is 2.23. The monoisotopic (exact) mass is 255 g/mol. The van der Waals surface area contributed by atoms with E-state index < -0.39 is 0 Å². The average Bonchev–Trinajstić information content (AvgIpc) is 2.31. The molecule has 1 aromatic carbocycles. The molecule has 0 aliphatic heterocycles. The lowest BCUT2D eigenvalue weighted by molar-refractivity contribution is 0.405. The van der Waals surface area contributed by atoms with Crippen molar-refractivity contribution in [3.8, 4) is 5.75 Å². The Balaban J connectivity index is 2.86. The number of methoxy groups -OCH3 is 1. The van der Waals surface area contributed by atoms with E-state index in [9.17, 15) is 0 Å². The molecular weight excluding hydrogens is 234 g/mol. The van der Waals surface area contributed by atoms with Crippen molar-refractivity contribution in [2.75, 3.05) is 26.1 Å². The molecule has 0 saturated carbocycles. The highest BCUT2D eigenvalue weighted by Crippen LogP contribution is 2.29. The smallest absolute Gasteiger partial charge is 0.125 e. The SMILES string of the molecule is COc1c(C)c(C)cc(C)c1CCNCCCl. The number of rotatable bonds is 6. The van der Waals surface area contributed by atoms with Crippen molar-refractivity contribution < 1.29 is 4.74 Å². The zero-order valence-corrected chi connectivity index (χ0v) is 11.9. The average molecular weight is 256 g/mol. The third-order valence-electron chi connectivity index (χ3n) is 3.14. The standard InChI is InChI=1S/C14H22ClNO/c1-10-9-11(2)13(5-7-16-8-6-15)14(17-4)12(10)3/h9,16H,5-8H2,1-4H3. The summed E-state index contributed by atoms with van der Waals surface area (Å²) in [4.78, 5) is 0. The topological polar surface area (TPSA) is 21.3 Å². The first-order chi connectivity index (χ1) is 8.11. The number of halogens is 1. The molecule has 2 nitrogen and oxygen atoms in total. The molecule has 1 N–H and O–H groups in total. The van der Waals surface area contributed by atoms with Gasteiger partial charge in [-0.3, -0.25) is 0 Å². The Kier molecular flexibility index (Phi) is 5.79. The fourth-order valence-electron chi connectivity index (χ4n) is 2.10. The Hall–Kier alpha value is -0.730. The van der Waals surface area contributed by atoms with Gasteiger partial charge in [-0.15, -0.1) is 11.6 Å². The second kappa shape index (κ2) is 6.87. The number of ether oxygens (including phenoxy) is 1. The van der Waals surface area contributed by atoms with Gasteiger partial charge in [-0.1, -0.05) is 6.07 Å². The first-order valence-corrected chi connectivity index (χ1v) is 6.55. The van der Waals surface area contributed by atoms with E-state index in [1.165, 1.54) is 22.3 Å². The van der Waals surface area contributed by atoms with Crippen LogP contribution in [-0.4, -0.2) is 26.1 Å². The normalized spacial score (nSPS) is 10.6. The van der Waals surface area contributed by atoms with Gasteiger partial charge < -0.3 is 10.1 Å². The molecule has 0 aliphatic rings. The maximum absolute atomic E-state index is 5.63. The number of aryl methyl sites for hydroxylation is 2. The van der Waals surface area contributed by atoms with Gasteiger partial charge in [0.15, 0.2) is 0 Å². The summed E-state index contributed by atoms with van der Waals surface area (Å²) in [6.45, 7) is 8.18. The van der Waals surface area contributed by atoms with Crippen molar-refractivity contribution in [2.24, 2.45) is 0 Å². The predicted molar refractivity (Wildman–Crippen MR) is 74.5 cm³/mol. The summed E-state index contributed by atoms with van der Waals surface area (Å²) in [5.41, 5.74) is 5.14. The molecule has 0 spiro atoms. The first kappa shape index (κ1) is 14.3. The Labute approximate surface area is 109 Å². The molecule has 1 rings (SSSR count). The van der Waals surface area contributed by atoms with Crippen LogP contribution in [0.1, 0.15) is 22.3 Å². The number of benzene rings is 1. The van der Waals surface area contributed by atoms with Gasteiger partial charge in [0.05, 0.1) is 7.11 Å². The Bertz CT molecular complexity index is 377. The summed E-state index contributed by atoms with van der Waals surface area (Å²) in [5.74, 6) is 1.69. The predicted octanol–water partition coefficient (Wildman–Crippen LogP) is 2.99. The van der Waals surface area contributed by atoms with Crippen molar-refractivity contribution in [3.05, 3.63) is 28.3 Å². The molecule has 0 unspecified atom stereocenters. The molecular formula is C14H22ClNO. The van der Waals surface area contributed by atoms with Gasteiger partial charge in [0.25, 0.3) is 0 Å². The van der Waals surface area contributed by atoms with Crippen LogP contribution in [0.25, 0.3) is 0 Å². The maximum Gasteiger partial charge on any atom is 0.125 e. The van der Waals surface area contributed by atoms with Crippen LogP contribution in [0, 0.1) is 20.8 Å². The fourth-order valence-corrected chi connectivity index (χ4v) is 2.23. The van der Waals surface area contributed by atoms with E-state index >= 15 is 0 Å². The van der Waals surface area contributed by atoms with Gasteiger partial charge >= 0.3 is 0 Å². The van der Waals surface area contributed by atoms with E-state index in [-0.39, 0.29) is 0 Å². The zero-order chi connectivity index (χ0) is 12.8. The maximum atomic E-state index is 5.63. The molecule has 96 valence electrons. The fraction of sp³-hybridized carbons (Fsp3) is 0.571. The van der Waals surface area contributed by atoms with Crippen LogP contribution < -0.4 is 10.1 Å². The third-order valence-corrected chi connectivity index (χ3v) is 3.33. The molecule has 0 fully saturated rings. The van der Waals surface area contributed by atoms with Crippen molar-refractivity contribution >= 4 is 11.6 Å². The van der Waals surface area contributed by atoms with Crippen molar-refractivity contribution in [2.45, 2.75) is 27.2 Å². The molecule has 3 heteroatoms. The van der Waals surface area contributed by atoms with Crippen molar-refractivity contribution in [1.29, 1.82) is 0 Å². The van der Waals surface area contributed by atoms with Crippen LogP contribution in [0.3, 0.4) is 0 Å². The van der Waals surface area contributed by atoms with Crippen LogP contribution in [0.4, 0.5) is 0 Å². The summed E-state index contributed by atoms with van der Waals surface area (Å²) >= 11 is 5.63. The quantitative estimate of drug-likeness (QED) is 0.623. The number of nitrogens with one attached hydrogen (secondary N) is 1. The van der Waals surface area contributed by atoms with Crippen LogP contribution in [0.5, 0.6) is 5.75 Å². The highest BCUT2D eigenvalue weighted by molar-refractivity contribution is 6.18. The van der Waals surface area contributed by atoms with Gasteiger partial charge in [-0.25, -0.2) is 0 Å². The van der Waals surface area contributed by atoms with Crippen molar-refractivity contribution in [3.63, 3.8) is 0 Å². The summed E-state index contributed by atoms with van der Waals surface area (Å²) in [7, 11) is 1.75. The van der Waals surface area contributed by atoms with Crippen LogP contribution in [-0.2, 0) is 6.42 Å². The highest BCUT2D eigenvalue weighted by Gasteiger charge is 2.11. The lowest BCUT2D eigenvalue weighted by Crippen LogP contribution is -2.20. The Morgan fingerprint density at radius 3 is 2.47 bits per heavy atom. The van der Waals surface area contributed by atoms with Gasteiger partial charge in [-0.05, 0) is 56.0 Å². The van der Waals surface area contributed by atoms with E-state index in [0.717, 1.165) is 25.3 Å². The van der Waals surface area contributed by atoms with Gasteiger partial charge in [0, 0.05) is 12.4 Å². The molecule has 1 aromatic rings. The van der Waals surface area contributed by atoms with E-state index in [1.54, 1.807) is 7.11 Å². The minimum Gasteiger partial charge on any atom is -0.496 e.